The van der Waals surface area contributed by atoms with Gasteiger partial charge in [-0.15, -0.1) is 0 Å². The molecule has 0 aliphatic carbocycles. The van der Waals surface area contributed by atoms with E-state index >= 15 is 0 Å². The highest BCUT2D eigenvalue weighted by Gasteiger charge is 1.82. The van der Waals surface area contributed by atoms with E-state index in [1.807, 2.05) is 6.92 Å². The first-order valence-electron chi connectivity index (χ1n) is 2.45. The molecule has 0 atom stereocenters. The van der Waals surface area contributed by atoms with Crippen molar-refractivity contribution in [2.45, 2.75) is 6.92 Å². The molecule has 2 nitrogen and oxygen atoms in total. The fourth-order valence-corrected chi connectivity index (χ4v) is 0. The van der Waals surface area contributed by atoms with Crippen molar-refractivity contribution < 1.29 is 10.2 Å². The molecule has 0 aromatic heterocycles. The Bertz CT molecular complexity index is 83.1. The molecule has 10 heavy (non-hydrogen) atoms. The van der Waals surface area contributed by atoms with Gasteiger partial charge in [-0.2, -0.15) is 0 Å². The lowest BCUT2D eigenvalue weighted by Gasteiger charge is -1.80. The first kappa shape index (κ1) is 13.7. The zero-order valence-corrected chi connectivity index (χ0v) is 10.2. The van der Waals surface area contributed by atoms with Crippen LogP contribution in [0.1, 0.15) is 6.92 Å². The third-order valence-electron chi connectivity index (χ3n) is 0.360. The van der Waals surface area contributed by atoms with Crippen molar-refractivity contribution in [3.63, 3.8) is 0 Å². The van der Waals surface area contributed by atoms with E-state index in [2.05, 4.69) is 47.8 Å². The van der Waals surface area contributed by atoms with Crippen molar-refractivity contribution in [2.75, 3.05) is 13.2 Å². The van der Waals surface area contributed by atoms with E-state index in [0.29, 0.717) is 0 Å². The van der Waals surface area contributed by atoms with Gasteiger partial charge in [0.25, 0.3) is 0 Å². The summed E-state index contributed by atoms with van der Waals surface area (Å²) in [5.74, 6) is 0. The van der Waals surface area contributed by atoms with E-state index in [9.17, 15) is 0 Å². The van der Waals surface area contributed by atoms with Gasteiger partial charge in [0, 0.05) is 4.48 Å². The average molecular weight is 341 g/mol. The molecule has 0 heterocycles. The maximum Gasteiger partial charge on any atom is 0.0702 e. The van der Waals surface area contributed by atoms with Crippen LogP contribution in [-0.2, 0) is 0 Å². The summed E-state index contributed by atoms with van der Waals surface area (Å²) in [6.07, 6.45) is 0. The second-order valence-electron chi connectivity index (χ2n) is 1.24. The Kier molecular flexibility index (Phi) is 13.8. The smallest absolute Gasteiger partial charge is 0.0702 e. The summed E-state index contributed by atoms with van der Waals surface area (Å²) in [5.41, 5.74) is 0. The molecule has 5 heteroatoms. The zero-order chi connectivity index (χ0) is 8.57. The average Bonchev–Trinajstić information content (AvgIpc) is 1.89. The minimum absolute atomic E-state index is 0.125. The first-order chi connectivity index (χ1) is 4.56. The highest BCUT2D eigenvalue weighted by molar-refractivity contribution is 9.29. The lowest BCUT2D eigenvalue weighted by Crippen LogP contribution is -1.85. The van der Waals surface area contributed by atoms with Gasteiger partial charge >= 0.3 is 0 Å². The normalized spacial score (nSPS) is 7.80. The van der Waals surface area contributed by atoms with Crippen LogP contribution in [0, 0.1) is 0 Å². The lowest BCUT2D eigenvalue weighted by atomic mass is 10.8. The highest BCUT2D eigenvalue weighted by Crippen LogP contribution is 2.22. The number of hydrogen-bond acceptors (Lipinski definition) is 2. The molecule has 0 bridgehead atoms. The summed E-state index contributed by atoms with van der Waals surface area (Å²) in [5, 5.41) is 15.2. The topological polar surface area (TPSA) is 40.5 Å². The Morgan fingerprint density at radius 3 is 1.30 bits per heavy atom. The van der Waals surface area contributed by atoms with Gasteiger partial charge in [-0.05, 0) is 38.8 Å². The van der Waals surface area contributed by atoms with Crippen molar-refractivity contribution in [3.8, 4) is 0 Å². The van der Waals surface area contributed by atoms with Crippen molar-refractivity contribution in [3.05, 3.63) is 7.87 Å². The van der Waals surface area contributed by atoms with Gasteiger partial charge in [-0.3, -0.25) is 0 Å². The number of rotatable bonds is 1. The SMILES string of the molecule is CC(Br)=C(Br)Br.OCCO. The van der Waals surface area contributed by atoms with Crippen LogP contribution < -0.4 is 0 Å². The molecule has 0 aliphatic heterocycles. The predicted octanol–water partition coefficient (Wildman–Crippen LogP) is 2.33. The Balaban J connectivity index is 0. The molecule has 0 fully saturated rings. The van der Waals surface area contributed by atoms with Crippen molar-refractivity contribution in [1.29, 1.82) is 0 Å². The largest absolute Gasteiger partial charge is 0.394 e. The molecule has 0 aliphatic rings. The predicted molar refractivity (Wildman–Crippen MR) is 53.7 cm³/mol. The van der Waals surface area contributed by atoms with Crippen LogP contribution in [0.3, 0.4) is 0 Å². The van der Waals surface area contributed by atoms with Gasteiger partial charge in [-0.1, -0.05) is 15.9 Å². The van der Waals surface area contributed by atoms with Crippen LogP contribution in [0.25, 0.3) is 0 Å². The van der Waals surface area contributed by atoms with Gasteiger partial charge in [0.1, 0.15) is 0 Å². The number of allylic oxidation sites excluding steroid dienone is 1. The van der Waals surface area contributed by atoms with Gasteiger partial charge in [0.2, 0.25) is 0 Å². The van der Waals surface area contributed by atoms with E-state index in [1.165, 1.54) is 0 Å². The Labute approximate surface area is 85.7 Å². The van der Waals surface area contributed by atoms with Gasteiger partial charge < -0.3 is 10.2 Å². The Hall–Kier alpha value is 1.10. The molecule has 62 valence electrons. The molecule has 0 amide bonds. The minimum atomic E-state index is -0.125. The second-order valence-corrected chi connectivity index (χ2v) is 5.08. The molecule has 2 N–H and O–H groups in total. The molecule has 0 aromatic rings. The van der Waals surface area contributed by atoms with Crippen LogP contribution in [0.4, 0.5) is 0 Å². The molecule has 0 radical (unpaired) electrons. The number of hydrogen-bond donors (Lipinski definition) is 2. The number of halogens is 3. The molecule has 0 saturated carbocycles. The standard InChI is InChI=1S/C3H3Br3.C2H6O2/c1-2(4)3(5)6;3-1-2-4/h1H3;3-4H,1-2H2. The van der Waals surface area contributed by atoms with E-state index in [0.717, 1.165) is 7.87 Å². The zero-order valence-electron chi connectivity index (χ0n) is 5.44. The summed E-state index contributed by atoms with van der Waals surface area (Å²) < 4.78 is 2.04. The molecular weight excluding hydrogens is 332 g/mol. The van der Waals surface area contributed by atoms with E-state index in [-0.39, 0.29) is 13.2 Å². The number of aliphatic hydroxyl groups excluding tert-OH is 2. The third-order valence-corrected chi connectivity index (χ3v) is 3.01. The number of aliphatic hydroxyl groups is 2. The van der Waals surface area contributed by atoms with Crippen molar-refractivity contribution in [1.82, 2.24) is 0 Å². The molecule has 0 spiro atoms. The lowest BCUT2D eigenvalue weighted by molar-refractivity contribution is 0.186. The fraction of sp³-hybridized carbons (Fsp3) is 0.600. The summed E-state index contributed by atoms with van der Waals surface area (Å²) in [4.78, 5) is 0. The second kappa shape index (κ2) is 10.1. The van der Waals surface area contributed by atoms with E-state index in [1.54, 1.807) is 0 Å². The maximum atomic E-state index is 7.62. The van der Waals surface area contributed by atoms with Crippen LogP contribution in [0.15, 0.2) is 7.87 Å². The maximum absolute atomic E-state index is 7.62. The van der Waals surface area contributed by atoms with E-state index < -0.39 is 0 Å². The Morgan fingerprint density at radius 1 is 1.10 bits per heavy atom. The molecule has 0 rings (SSSR count). The quantitative estimate of drug-likeness (QED) is 0.769. The van der Waals surface area contributed by atoms with Crippen molar-refractivity contribution >= 4 is 47.8 Å². The minimum Gasteiger partial charge on any atom is -0.394 e. The third kappa shape index (κ3) is 16.0. The summed E-state index contributed by atoms with van der Waals surface area (Å²) >= 11 is 9.60. The molecule has 0 aromatic carbocycles. The van der Waals surface area contributed by atoms with E-state index in [4.69, 9.17) is 10.2 Å². The van der Waals surface area contributed by atoms with Crippen LogP contribution in [0.2, 0.25) is 0 Å². The Morgan fingerprint density at radius 2 is 1.30 bits per heavy atom. The van der Waals surface area contributed by atoms with Crippen molar-refractivity contribution in [2.24, 2.45) is 0 Å². The molecule has 0 unspecified atom stereocenters. The highest BCUT2D eigenvalue weighted by atomic mass is 79.9. The van der Waals surface area contributed by atoms with Gasteiger partial charge in [-0.25, -0.2) is 0 Å². The first-order valence-corrected chi connectivity index (χ1v) is 4.83. The summed E-state index contributed by atoms with van der Waals surface area (Å²) in [7, 11) is 0. The molecule has 0 saturated heterocycles. The van der Waals surface area contributed by atoms with Crippen LogP contribution in [-0.4, -0.2) is 23.4 Å². The monoisotopic (exact) mass is 338 g/mol. The fourth-order valence-electron chi connectivity index (χ4n) is 0. The van der Waals surface area contributed by atoms with Gasteiger partial charge in [0.15, 0.2) is 0 Å². The van der Waals surface area contributed by atoms with Crippen LogP contribution in [0.5, 0.6) is 0 Å². The van der Waals surface area contributed by atoms with Gasteiger partial charge in [0.05, 0.1) is 16.6 Å². The summed E-state index contributed by atoms with van der Waals surface area (Å²) in [6.45, 7) is 1.69. The van der Waals surface area contributed by atoms with Crippen LogP contribution >= 0.6 is 47.8 Å². The summed E-state index contributed by atoms with van der Waals surface area (Å²) in [6, 6.07) is 0. The molecular formula is C5H9Br3O2.